The molecular formula is C29H31N3O2. The molecule has 1 atom stereocenters. The molecule has 1 aromatic heterocycles. The van der Waals surface area contributed by atoms with Crippen molar-refractivity contribution in [1.29, 1.82) is 0 Å². The number of carbonyl (C=O) groups is 1. The van der Waals surface area contributed by atoms with E-state index in [-0.39, 0.29) is 11.8 Å². The van der Waals surface area contributed by atoms with E-state index < -0.39 is 0 Å². The maximum Gasteiger partial charge on any atom is 0.227 e. The predicted molar refractivity (Wildman–Crippen MR) is 137 cm³/mol. The van der Waals surface area contributed by atoms with Gasteiger partial charge in [0, 0.05) is 31.1 Å². The second-order valence-electron chi connectivity index (χ2n) is 9.27. The summed E-state index contributed by atoms with van der Waals surface area (Å²) in [6.07, 6.45) is 1.35. The average molecular weight is 454 g/mol. The largest absolute Gasteiger partial charge is 0.493 e. The fourth-order valence-corrected chi connectivity index (χ4v) is 4.99. The van der Waals surface area contributed by atoms with Gasteiger partial charge in [-0.3, -0.25) is 4.79 Å². The van der Waals surface area contributed by atoms with E-state index in [4.69, 9.17) is 9.72 Å². The van der Waals surface area contributed by atoms with Crippen molar-refractivity contribution in [3.63, 3.8) is 0 Å². The molecule has 5 heteroatoms. The molecule has 0 saturated carbocycles. The summed E-state index contributed by atoms with van der Waals surface area (Å²) in [7, 11) is 0. The maximum atomic E-state index is 13.0. The normalized spacial score (nSPS) is 15.9. The molecule has 1 aliphatic heterocycles. The quantitative estimate of drug-likeness (QED) is 0.325. The van der Waals surface area contributed by atoms with Gasteiger partial charge in [-0.25, -0.2) is 4.98 Å². The van der Waals surface area contributed by atoms with E-state index in [9.17, 15) is 4.79 Å². The van der Waals surface area contributed by atoms with Crippen molar-refractivity contribution in [1.82, 2.24) is 9.55 Å². The Bertz CT molecular complexity index is 1340. The highest BCUT2D eigenvalue weighted by atomic mass is 16.5. The lowest BCUT2D eigenvalue weighted by atomic mass is 10.1. The lowest BCUT2D eigenvalue weighted by Crippen LogP contribution is -2.25. The van der Waals surface area contributed by atoms with Crippen LogP contribution in [0.3, 0.4) is 0 Å². The smallest absolute Gasteiger partial charge is 0.227 e. The Morgan fingerprint density at radius 1 is 0.971 bits per heavy atom. The number of nitrogens with zero attached hydrogens (tertiary/aromatic N) is 3. The molecule has 174 valence electrons. The van der Waals surface area contributed by atoms with Gasteiger partial charge in [0.2, 0.25) is 5.91 Å². The Labute approximate surface area is 201 Å². The zero-order valence-electron chi connectivity index (χ0n) is 20.1. The molecule has 0 bridgehead atoms. The van der Waals surface area contributed by atoms with Crippen LogP contribution >= 0.6 is 0 Å². The Balaban J connectivity index is 1.35. The van der Waals surface area contributed by atoms with Gasteiger partial charge in [0.1, 0.15) is 11.6 Å². The highest BCUT2D eigenvalue weighted by Gasteiger charge is 2.35. The maximum absolute atomic E-state index is 13.0. The first-order chi connectivity index (χ1) is 16.5. The third kappa shape index (κ3) is 4.30. The number of para-hydroxylation sites is 3. The molecule has 1 saturated heterocycles. The minimum Gasteiger partial charge on any atom is -0.493 e. The number of anilines is 1. The number of carbonyl (C=O) groups excluding carboxylic acids is 1. The summed E-state index contributed by atoms with van der Waals surface area (Å²) < 4.78 is 8.37. The molecule has 4 aromatic rings. The lowest BCUT2D eigenvalue weighted by molar-refractivity contribution is -0.117. The first-order valence-corrected chi connectivity index (χ1v) is 12.0. The van der Waals surface area contributed by atoms with Gasteiger partial charge in [-0.15, -0.1) is 0 Å². The van der Waals surface area contributed by atoms with Crippen LogP contribution in [0.4, 0.5) is 5.69 Å². The Hall–Kier alpha value is -3.60. The van der Waals surface area contributed by atoms with Gasteiger partial charge < -0.3 is 14.2 Å². The number of aromatic nitrogens is 2. The van der Waals surface area contributed by atoms with Crippen LogP contribution in [-0.2, 0) is 11.3 Å². The molecule has 5 nitrogen and oxygen atoms in total. The van der Waals surface area contributed by atoms with Gasteiger partial charge in [-0.05, 0) is 62.6 Å². The number of aryl methyl sites for hydroxylation is 4. The second-order valence-corrected chi connectivity index (χ2v) is 9.27. The predicted octanol–water partition coefficient (Wildman–Crippen LogP) is 5.95. The molecule has 1 amide bonds. The fourth-order valence-electron chi connectivity index (χ4n) is 4.99. The highest BCUT2D eigenvalue weighted by molar-refractivity contribution is 5.97. The molecule has 34 heavy (non-hydrogen) atoms. The van der Waals surface area contributed by atoms with E-state index in [2.05, 4.69) is 61.7 Å². The minimum atomic E-state index is 0.0692. The molecule has 1 unspecified atom stereocenters. The summed E-state index contributed by atoms with van der Waals surface area (Å²) in [5, 5.41) is 0. The van der Waals surface area contributed by atoms with E-state index in [0.29, 0.717) is 19.6 Å². The van der Waals surface area contributed by atoms with Gasteiger partial charge in [-0.2, -0.15) is 0 Å². The minimum absolute atomic E-state index is 0.0692. The van der Waals surface area contributed by atoms with Crippen molar-refractivity contribution in [2.24, 2.45) is 0 Å². The van der Waals surface area contributed by atoms with Crippen LogP contribution in [0.25, 0.3) is 11.0 Å². The summed E-state index contributed by atoms with van der Waals surface area (Å²) >= 11 is 0. The second kappa shape index (κ2) is 9.34. The van der Waals surface area contributed by atoms with Crippen molar-refractivity contribution < 1.29 is 9.53 Å². The van der Waals surface area contributed by atoms with Crippen LogP contribution < -0.4 is 9.64 Å². The van der Waals surface area contributed by atoms with Crippen LogP contribution in [-0.4, -0.2) is 28.6 Å². The van der Waals surface area contributed by atoms with Crippen LogP contribution in [0.5, 0.6) is 5.75 Å². The van der Waals surface area contributed by atoms with Gasteiger partial charge in [0.25, 0.3) is 0 Å². The topological polar surface area (TPSA) is 47.4 Å². The van der Waals surface area contributed by atoms with Crippen LogP contribution in [0.1, 0.15) is 41.3 Å². The summed E-state index contributed by atoms with van der Waals surface area (Å²) in [5.74, 6) is 2.17. The van der Waals surface area contributed by atoms with Crippen molar-refractivity contribution in [3.8, 4) is 5.75 Å². The van der Waals surface area contributed by atoms with E-state index in [1.54, 1.807) is 0 Å². The Morgan fingerprint density at radius 3 is 2.59 bits per heavy atom. The number of hydrogen-bond donors (Lipinski definition) is 0. The SMILES string of the molecule is Cc1ccc(OCCCn2c(C3CC(=O)N(c4ccccc4C)C3)nc3ccccc32)c(C)c1. The van der Waals surface area contributed by atoms with Gasteiger partial charge in [-0.1, -0.05) is 48.0 Å². The van der Waals surface area contributed by atoms with E-state index in [0.717, 1.165) is 52.4 Å². The monoisotopic (exact) mass is 453 g/mol. The fraction of sp³-hybridized carbons (Fsp3) is 0.310. The molecule has 0 spiro atoms. The molecule has 0 aliphatic carbocycles. The Kier molecular flexibility index (Phi) is 6.10. The first-order valence-electron chi connectivity index (χ1n) is 12.0. The first kappa shape index (κ1) is 22.2. The van der Waals surface area contributed by atoms with Gasteiger partial charge in [0.05, 0.1) is 17.6 Å². The number of amides is 1. The van der Waals surface area contributed by atoms with Crippen LogP contribution in [0, 0.1) is 20.8 Å². The van der Waals surface area contributed by atoms with Gasteiger partial charge in [0.15, 0.2) is 0 Å². The molecule has 0 radical (unpaired) electrons. The molecule has 1 aliphatic rings. The molecule has 5 rings (SSSR count). The summed E-state index contributed by atoms with van der Waals surface area (Å²) in [4.78, 5) is 19.9. The summed E-state index contributed by atoms with van der Waals surface area (Å²) in [6.45, 7) is 8.33. The Morgan fingerprint density at radius 2 is 1.76 bits per heavy atom. The standard InChI is InChI=1S/C29H31N3O2/c1-20-13-14-27(22(3)17-20)34-16-8-15-31-26-12-7-5-10-24(26)30-29(31)23-18-28(33)32(19-23)25-11-6-4-9-21(25)2/h4-7,9-14,17,23H,8,15-16,18-19H2,1-3H3. The molecular weight excluding hydrogens is 422 g/mol. The zero-order chi connectivity index (χ0) is 23.7. The zero-order valence-corrected chi connectivity index (χ0v) is 20.1. The highest BCUT2D eigenvalue weighted by Crippen LogP contribution is 2.34. The van der Waals surface area contributed by atoms with Gasteiger partial charge >= 0.3 is 0 Å². The molecule has 0 N–H and O–H groups in total. The summed E-state index contributed by atoms with van der Waals surface area (Å²) in [5.41, 5.74) is 6.62. The van der Waals surface area contributed by atoms with Crippen LogP contribution in [0.15, 0.2) is 66.7 Å². The van der Waals surface area contributed by atoms with Crippen molar-refractivity contribution in [2.75, 3.05) is 18.1 Å². The van der Waals surface area contributed by atoms with Crippen LogP contribution in [0.2, 0.25) is 0 Å². The van der Waals surface area contributed by atoms with Crippen molar-refractivity contribution >= 4 is 22.6 Å². The summed E-state index contributed by atoms with van der Waals surface area (Å²) in [6, 6.07) is 22.6. The third-order valence-electron chi connectivity index (χ3n) is 6.69. The average Bonchev–Trinajstić information content (AvgIpc) is 3.38. The van der Waals surface area contributed by atoms with E-state index in [1.165, 1.54) is 5.56 Å². The number of ether oxygens (including phenoxy) is 1. The molecule has 2 heterocycles. The van der Waals surface area contributed by atoms with E-state index in [1.807, 2.05) is 35.2 Å². The number of imidazole rings is 1. The van der Waals surface area contributed by atoms with Crippen molar-refractivity contribution in [3.05, 3.63) is 89.2 Å². The molecule has 3 aromatic carbocycles. The molecule has 1 fully saturated rings. The number of hydrogen-bond acceptors (Lipinski definition) is 3. The van der Waals surface area contributed by atoms with E-state index >= 15 is 0 Å². The van der Waals surface area contributed by atoms with Crippen molar-refractivity contribution in [2.45, 2.75) is 46.1 Å². The number of rotatable bonds is 7. The lowest BCUT2D eigenvalue weighted by Gasteiger charge is -2.19. The number of fused-ring (bicyclic) bond motifs is 1. The third-order valence-corrected chi connectivity index (χ3v) is 6.69. The number of benzene rings is 3.